The molecule has 1 heterocycles. The van der Waals surface area contributed by atoms with Crippen molar-refractivity contribution in [1.82, 2.24) is 0 Å². The van der Waals surface area contributed by atoms with Gasteiger partial charge < -0.3 is 0 Å². The van der Waals surface area contributed by atoms with Crippen LogP contribution in [0.25, 0.3) is 0 Å². The minimum absolute atomic E-state index is 0.0182. The fraction of sp³-hybridized carbons (Fsp3) is 0.273. The van der Waals surface area contributed by atoms with E-state index in [2.05, 4.69) is 0 Å². The monoisotopic (exact) mass is 444 g/mol. The second-order valence-electron chi connectivity index (χ2n) is 7.52. The summed E-state index contributed by atoms with van der Waals surface area (Å²) in [5.41, 5.74) is 2.39. The molecule has 2 aromatic rings. The highest BCUT2D eigenvalue weighted by atomic mass is 35.5. The van der Waals surface area contributed by atoms with Crippen LogP contribution in [-0.2, 0) is 9.59 Å². The number of aryl methyl sites for hydroxylation is 1. The summed E-state index contributed by atoms with van der Waals surface area (Å²) in [5.74, 6) is -0.895. The number of carbonyl (C=O) groups excluding carboxylic acids is 2. The number of halogens is 2. The zero-order valence-corrected chi connectivity index (χ0v) is 17.7. The fourth-order valence-corrected chi connectivity index (χ4v) is 4.74. The number of allylic oxidation sites excluding steroid dienone is 2. The number of nitro benzene ring substituents is 1. The fourth-order valence-electron chi connectivity index (χ4n) is 4.30. The number of benzene rings is 2. The van der Waals surface area contributed by atoms with E-state index in [0.29, 0.717) is 51.7 Å². The van der Waals surface area contributed by atoms with Crippen LogP contribution in [0.1, 0.15) is 42.7 Å². The topological polar surface area (TPSA) is 80.5 Å². The number of hydrogen-bond donors (Lipinski definition) is 0. The zero-order chi connectivity index (χ0) is 21.6. The first kappa shape index (κ1) is 20.6. The third-order valence-electron chi connectivity index (χ3n) is 5.60. The van der Waals surface area contributed by atoms with E-state index in [9.17, 15) is 19.7 Å². The van der Waals surface area contributed by atoms with Gasteiger partial charge in [0.15, 0.2) is 5.78 Å². The molecular weight excluding hydrogens is 427 g/mol. The number of ketones is 1. The number of nitrogens with zero attached hydrogens (tertiary/aromatic N) is 2. The van der Waals surface area contributed by atoms with Crippen molar-refractivity contribution in [2.24, 2.45) is 0 Å². The largest absolute Gasteiger partial charge is 0.294 e. The normalized spacial score (nSPS) is 19.2. The molecule has 2 aromatic carbocycles. The molecule has 154 valence electrons. The average Bonchev–Trinajstić information content (AvgIpc) is 2.70. The zero-order valence-electron chi connectivity index (χ0n) is 16.2. The number of Topliss-reactive ketones (excluding diaryl/α,β-unsaturated/α-hetero) is 1. The van der Waals surface area contributed by atoms with Gasteiger partial charge in [0.25, 0.3) is 5.69 Å². The molecule has 30 heavy (non-hydrogen) atoms. The molecule has 0 spiro atoms. The van der Waals surface area contributed by atoms with Crippen LogP contribution in [-0.4, -0.2) is 16.6 Å². The minimum Gasteiger partial charge on any atom is -0.294 e. The van der Waals surface area contributed by atoms with Crippen LogP contribution < -0.4 is 4.90 Å². The molecular formula is C22H18Cl2N2O4. The molecule has 2 aliphatic rings. The molecule has 6 nitrogen and oxygen atoms in total. The van der Waals surface area contributed by atoms with Gasteiger partial charge in [-0.2, -0.15) is 0 Å². The van der Waals surface area contributed by atoms with Gasteiger partial charge in [0.05, 0.1) is 15.0 Å². The van der Waals surface area contributed by atoms with Gasteiger partial charge >= 0.3 is 0 Å². The van der Waals surface area contributed by atoms with Gasteiger partial charge in [-0.1, -0.05) is 41.4 Å². The summed E-state index contributed by atoms with van der Waals surface area (Å²) in [6.45, 7) is 1.75. The van der Waals surface area contributed by atoms with E-state index in [4.69, 9.17) is 23.2 Å². The maximum Gasteiger partial charge on any atom is 0.293 e. The van der Waals surface area contributed by atoms with Gasteiger partial charge in [0, 0.05) is 36.1 Å². The van der Waals surface area contributed by atoms with Crippen molar-refractivity contribution in [2.45, 2.75) is 38.5 Å². The van der Waals surface area contributed by atoms with Crippen molar-refractivity contribution >= 4 is 46.3 Å². The minimum atomic E-state index is -0.521. The second-order valence-corrected chi connectivity index (χ2v) is 8.30. The SMILES string of the molecule is Cc1ccc(N2C(=O)CC(c3cccc(Cl)c3Cl)C3=C2CCCC3=O)c([N+](=O)[O-])c1. The van der Waals surface area contributed by atoms with Crippen molar-refractivity contribution in [3.8, 4) is 0 Å². The molecule has 1 amide bonds. The number of nitro groups is 1. The van der Waals surface area contributed by atoms with Crippen molar-refractivity contribution in [1.29, 1.82) is 0 Å². The maximum absolute atomic E-state index is 13.3. The van der Waals surface area contributed by atoms with Crippen molar-refractivity contribution in [2.75, 3.05) is 4.90 Å². The summed E-state index contributed by atoms with van der Waals surface area (Å²) >= 11 is 12.6. The van der Waals surface area contributed by atoms with Crippen LogP contribution in [0.3, 0.4) is 0 Å². The van der Waals surface area contributed by atoms with Crippen molar-refractivity contribution in [3.63, 3.8) is 0 Å². The molecule has 4 rings (SSSR count). The molecule has 8 heteroatoms. The Morgan fingerprint density at radius 3 is 2.63 bits per heavy atom. The Bertz CT molecular complexity index is 1130. The van der Waals surface area contributed by atoms with Gasteiger partial charge in [-0.15, -0.1) is 0 Å². The molecule has 1 unspecified atom stereocenters. The third-order valence-corrected chi connectivity index (χ3v) is 6.43. The quantitative estimate of drug-likeness (QED) is 0.446. The number of rotatable bonds is 3. The van der Waals surface area contributed by atoms with E-state index in [-0.39, 0.29) is 29.5 Å². The third kappa shape index (κ3) is 3.40. The highest BCUT2D eigenvalue weighted by Crippen LogP contribution is 2.47. The number of amides is 1. The summed E-state index contributed by atoms with van der Waals surface area (Å²) in [5, 5.41) is 12.3. The summed E-state index contributed by atoms with van der Waals surface area (Å²) < 4.78 is 0. The van der Waals surface area contributed by atoms with Crippen LogP contribution in [0.5, 0.6) is 0 Å². The molecule has 1 aliphatic heterocycles. The van der Waals surface area contributed by atoms with Crippen molar-refractivity contribution < 1.29 is 14.5 Å². The summed E-state index contributed by atoms with van der Waals surface area (Å²) in [6.07, 6.45) is 1.41. The molecule has 0 saturated heterocycles. The molecule has 0 saturated carbocycles. The maximum atomic E-state index is 13.3. The summed E-state index contributed by atoms with van der Waals surface area (Å²) in [4.78, 5) is 38.8. The van der Waals surface area contributed by atoms with Gasteiger partial charge in [-0.05, 0) is 43.0 Å². The smallest absolute Gasteiger partial charge is 0.293 e. The van der Waals surface area contributed by atoms with Gasteiger partial charge in [-0.3, -0.25) is 24.6 Å². The van der Waals surface area contributed by atoms with E-state index >= 15 is 0 Å². The van der Waals surface area contributed by atoms with E-state index in [1.54, 1.807) is 37.3 Å². The summed E-state index contributed by atoms with van der Waals surface area (Å²) in [6, 6.07) is 9.88. The Balaban J connectivity index is 1.93. The highest BCUT2D eigenvalue weighted by Gasteiger charge is 2.42. The van der Waals surface area contributed by atoms with E-state index in [1.165, 1.54) is 11.0 Å². The van der Waals surface area contributed by atoms with E-state index in [1.807, 2.05) is 0 Å². The summed E-state index contributed by atoms with van der Waals surface area (Å²) in [7, 11) is 0. The molecule has 1 aliphatic carbocycles. The first-order valence-electron chi connectivity index (χ1n) is 9.57. The second kappa shape index (κ2) is 7.85. The molecule has 0 aromatic heterocycles. The first-order valence-corrected chi connectivity index (χ1v) is 10.3. The lowest BCUT2D eigenvalue weighted by Crippen LogP contribution is -2.41. The number of carbonyl (C=O) groups is 2. The number of anilines is 1. The molecule has 0 bridgehead atoms. The van der Waals surface area contributed by atoms with Crippen LogP contribution in [0.15, 0.2) is 47.7 Å². The highest BCUT2D eigenvalue weighted by molar-refractivity contribution is 6.42. The lowest BCUT2D eigenvalue weighted by molar-refractivity contribution is -0.384. The van der Waals surface area contributed by atoms with Crippen LogP contribution >= 0.6 is 23.2 Å². The molecule has 0 N–H and O–H groups in total. The number of hydrogen-bond acceptors (Lipinski definition) is 4. The van der Waals surface area contributed by atoms with Crippen LogP contribution in [0.4, 0.5) is 11.4 Å². The lowest BCUT2D eigenvalue weighted by atomic mass is 9.77. The van der Waals surface area contributed by atoms with Gasteiger partial charge in [0.2, 0.25) is 5.91 Å². The van der Waals surface area contributed by atoms with E-state index in [0.717, 1.165) is 0 Å². The Labute approximate surface area is 183 Å². The standard InChI is InChI=1S/C22H18Cl2N2O4/c1-12-8-9-16(18(10-12)26(29)30)25-17-6-3-7-19(27)21(17)14(11-20(25)28)13-4-2-5-15(23)22(13)24/h2,4-5,8-10,14H,3,6-7,11H2,1H3. The Kier molecular flexibility index (Phi) is 5.38. The molecule has 0 radical (unpaired) electrons. The van der Waals surface area contributed by atoms with Crippen LogP contribution in [0.2, 0.25) is 10.0 Å². The van der Waals surface area contributed by atoms with Crippen LogP contribution in [0, 0.1) is 17.0 Å². The predicted molar refractivity (Wildman–Crippen MR) is 115 cm³/mol. The van der Waals surface area contributed by atoms with Gasteiger partial charge in [-0.25, -0.2) is 0 Å². The van der Waals surface area contributed by atoms with Crippen molar-refractivity contribution in [3.05, 3.63) is 79.0 Å². The predicted octanol–water partition coefficient (Wildman–Crippen LogP) is 5.74. The molecule has 1 atom stereocenters. The lowest BCUT2D eigenvalue weighted by Gasteiger charge is -2.38. The van der Waals surface area contributed by atoms with E-state index < -0.39 is 10.8 Å². The molecule has 0 fully saturated rings. The van der Waals surface area contributed by atoms with Gasteiger partial charge in [0.1, 0.15) is 5.69 Å². The Hall–Kier alpha value is -2.70. The Morgan fingerprint density at radius 2 is 1.90 bits per heavy atom. The first-order chi connectivity index (χ1) is 14.3. The Morgan fingerprint density at radius 1 is 1.13 bits per heavy atom. The average molecular weight is 445 g/mol.